The van der Waals surface area contributed by atoms with E-state index in [1.807, 2.05) is 6.92 Å². The Kier molecular flexibility index (Phi) is 6.29. The minimum absolute atomic E-state index is 0.0348. The SMILES string of the molecule is CCOC(CC)(CC)C(N)COC. The molecule has 3 nitrogen and oxygen atoms in total. The maximum Gasteiger partial charge on any atom is 0.0849 e. The standard InChI is InChI=1S/C10H23NO2/c1-5-10(6-2,13-7-3)9(11)8-12-4/h9H,5-8,11H2,1-4H3. The molecule has 0 aliphatic rings. The molecule has 0 radical (unpaired) electrons. The van der Waals surface area contributed by atoms with E-state index in [-0.39, 0.29) is 11.6 Å². The van der Waals surface area contributed by atoms with Crippen LogP contribution in [0.25, 0.3) is 0 Å². The predicted octanol–water partition coefficient (Wildman–Crippen LogP) is 1.56. The molecule has 0 aliphatic carbocycles. The maximum absolute atomic E-state index is 6.02. The summed E-state index contributed by atoms with van der Waals surface area (Å²) in [5.41, 5.74) is 5.82. The Morgan fingerprint density at radius 2 is 1.77 bits per heavy atom. The summed E-state index contributed by atoms with van der Waals surface area (Å²) in [6, 6.07) is -0.0348. The van der Waals surface area contributed by atoms with Crippen LogP contribution in [0.5, 0.6) is 0 Å². The van der Waals surface area contributed by atoms with Gasteiger partial charge in [0.15, 0.2) is 0 Å². The summed E-state index contributed by atoms with van der Waals surface area (Å²) in [6.07, 6.45) is 1.86. The van der Waals surface area contributed by atoms with Crippen molar-refractivity contribution in [2.75, 3.05) is 20.3 Å². The molecule has 0 rings (SSSR count). The molecule has 1 atom stereocenters. The van der Waals surface area contributed by atoms with Gasteiger partial charge >= 0.3 is 0 Å². The molecule has 1 unspecified atom stereocenters. The van der Waals surface area contributed by atoms with Crippen molar-refractivity contribution in [3.05, 3.63) is 0 Å². The first-order valence-electron chi connectivity index (χ1n) is 5.05. The van der Waals surface area contributed by atoms with Gasteiger partial charge < -0.3 is 15.2 Å². The van der Waals surface area contributed by atoms with Crippen molar-refractivity contribution in [3.63, 3.8) is 0 Å². The van der Waals surface area contributed by atoms with Crippen molar-refractivity contribution in [2.24, 2.45) is 5.73 Å². The molecule has 0 saturated carbocycles. The second-order valence-corrected chi connectivity index (χ2v) is 3.27. The fraction of sp³-hybridized carbons (Fsp3) is 1.00. The first-order valence-corrected chi connectivity index (χ1v) is 5.05. The second-order valence-electron chi connectivity index (χ2n) is 3.27. The van der Waals surface area contributed by atoms with Gasteiger partial charge in [0.05, 0.1) is 18.2 Å². The molecule has 0 bridgehead atoms. The fourth-order valence-electron chi connectivity index (χ4n) is 1.70. The molecule has 0 heterocycles. The van der Waals surface area contributed by atoms with Crippen LogP contribution in [0.3, 0.4) is 0 Å². The molecular formula is C10H23NO2. The molecule has 0 spiro atoms. The van der Waals surface area contributed by atoms with Crippen molar-refractivity contribution in [3.8, 4) is 0 Å². The number of ether oxygens (including phenoxy) is 2. The van der Waals surface area contributed by atoms with Crippen molar-refractivity contribution in [2.45, 2.75) is 45.3 Å². The molecule has 0 amide bonds. The average molecular weight is 189 g/mol. The van der Waals surface area contributed by atoms with Gasteiger partial charge in [0.2, 0.25) is 0 Å². The molecule has 0 aliphatic heterocycles. The summed E-state index contributed by atoms with van der Waals surface area (Å²) in [6.45, 7) is 7.48. The summed E-state index contributed by atoms with van der Waals surface area (Å²) < 4.78 is 10.8. The normalized spacial score (nSPS) is 14.5. The smallest absolute Gasteiger partial charge is 0.0849 e. The minimum atomic E-state index is -0.204. The van der Waals surface area contributed by atoms with E-state index in [9.17, 15) is 0 Å². The molecule has 80 valence electrons. The summed E-state index contributed by atoms with van der Waals surface area (Å²) >= 11 is 0. The van der Waals surface area contributed by atoms with E-state index in [0.29, 0.717) is 13.2 Å². The third-order valence-electron chi connectivity index (χ3n) is 2.65. The van der Waals surface area contributed by atoms with E-state index in [1.54, 1.807) is 7.11 Å². The molecule has 0 aromatic heterocycles. The van der Waals surface area contributed by atoms with Crippen LogP contribution in [0, 0.1) is 0 Å². The van der Waals surface area contributed by atoms with Crippen molar-refractivity contribution in [1.29, 1.82) is 0 Å². The van der Waals surface area contributed by atoms with E-state index in [1.165, 1.54) is 0 Å². The van der Waals surface area contributed by atoms with Crippen LogP contribution in [0.4, 0.5) is 0 Å². The summed E-state index contributed by atoms with van der Waals surface area (Å²) in [7, 11) is 1.67. The third-order valence-corrected chi connectivity index (χ3v) is 2.65. The Morgan fingerprint density at radius 1 is 1.23 bits per heavy atom. The highest BCUT2D eigenvalue weighted by Gasteiger charge is 2.33. The minimum Gasteiger partial charge on any atom is -0.383 e. The second kappa shape index (κ2) is 6.35. The van der Waals surface area contributed by atoms with Crippen molar-refractivity contribution < 1.29 is 9.47 Å². The Hall–Kier alpha value is -0.120. The topological polar surface area (TPSA) is 44.5 Å². The van der Waals surface area contributed by atoms with E-state index in [2.05, 4.69) is 13.8 Å². The molecule has 0 aromatic rings. The van der Waals surface area contributed by atoms with Crippen LogP contribution in [0.2, 0.25) is 0 Å². The highest BCUT2D eigenvalue weighted by atomic mass is 16.5. The Bertz CT molecular complexity index is 124. The van der Waals surface area contributed by atoms with Gasteiger partial charge in [0, 0.05) is 13.7 Å². The molecule has 2 N–H and O–H groups in total. The maximum atomic E-state index is 6.02. The number of rotatable bonds is 7. The van der Waals surface area contributed by atoms with E-state index >= 15 is 0 Å². The zero-order chi connectivity index (χ0) is 10.3. The molecule has 3 heteroatoms. The van der Waals surface area contributed by atoms with Gasteiger partial charge in [-0.2, -0.15) is 0 Å². The lowest BCUT2D eigenvalue weighted by Gasteiger charge is -2.36. The summed E-state index contributed by atoms with van der Waals surface area (Å²) in [4.78, 5) is 0. The number of nitrogens with two attached hydrogens (primary N) is 1. The highest BCUT2D eigenvalue weighted by molar-refractivity contribution is 4.89. The quantitative estimate of drug-likeness (QED) is 0.661. The molecule has 0 fully saturated rings. The van der Waals surface area contributed by atoms with E-state index < -0.39 is 0 Å². The zero-order valence-electron chi connectivity index (χ0n) is 9.30. The Morgan fingerprint density at radius 3 is 2.08 bits per heavy atom. The van der Waals surface area contributed by atoms with Gasteiger partial charge in [-0.3, -0.25) is 0 Å². The Balaban J connectivity index is 4.33. The lowest BCUT2D eigenvalue weighted by molar-refractivity contribution is -0.0766. The number of hydrogen-bond donors (Lipinski definition) is 1. The summed E-state index contributed by atoms with van der Waals surface area (Å²) in [5, 5.41) is 0. The predicted molar refractivity (Wildman–Crippen MR) is 54.8 cm³/mol. The van der Waals surface area contributed by atoms with Gasteiger partial charge in [0.25, 0.3) is 0 Å². The molecule has 0 saturated heterocycles. The Labute approximate surface area is 81.6 Å². The van der Waals surface area contributed by atoms with Gasteiger partial charge in [0.1, 0.15) is 0 Å². The van der Waals surface area contributed by atoms with Crippen LogP contribution in [-0.4, -0.2) is 32.0 Å². The van der Waals surface area contributed by atoms with E-state index in [0.717, 1.165) is 12.8 Å². The first kappa shape index (κ1) is 12.9. The van der Waals surface area contributed by atoms with Crippen molar-refractivity contribution in [1.82, 2.24) is 0 Å². The highest BCUT2D eigenvalue weighted by Crippen LogP contribution is 2.23. The molecule has 0 aromatic carbocycles. The average Bonchev–Trinajstić information content (AvgIpc) is 2.14. The third kappa shape index (κ3) is 3.25. The van der Waals surface area contributed by atoms with Gasteiger partial charge in [-0.15, -0.1) is 0 Å². The largest absolute Gasteiger partial charge is 0.383 e. The molecular weight excluding hydrogens is 166 g/mol. The van der Waals surface area contributed by atoms with E-state index in [4.69, 9.17) is 15.2 Å². The van der Waals surface area contributed by atoms with Crippen LogP contribution in [-0.2, 0) is 9.47 Å². The molecule has 13 heavy (non-hydrogen) atoms. The zero-order valence-corrected chi connectivity index (χ0v) is 9.30. The van der Waals surface area contributed by atoms with Crippen LogP contribution in [0.15, 0.2) is 0 Å². The van der Waals surface area contributed by atoms with Gasteiger partial charge in [-0.1, -0.05) is 13.8 Å². The lowest BCUT2D eigenvalue weighted by atomic mass is 9.89. The van der Waals surface area contributed by atoms with Crippen LogP contribution < -0.4 is 5.73 Å². The number of methoxy groups -OCH3 is 1. The van der Waals surface area contributed by atoms with Crippen molar-refractivity contribution >= 4 is 0 Å². The van der Waals surface area contributed by atoms with Crippen LogP contribution in [0.1, 0.15) is 33.6 Å². The number of hydrogen-bond acceptors (Lipinski definition) is 3. The first-order chi connectivity index (χ1) is 6.16. The monoisotopic (exact) mass is 189 g/mol. The fourth-order valence-corrected chi connectivity index (χ4v) is 1.70. The van der Waals surface area contributed by atoms with Gasteiger partial charge in [-0.25, -0.2) is 0 Å². The summed E-state index contributed by atoms with van der Waals surface area (Å²) in [5.74, 6) is 0. The van der Waals surface area contributed by atoms with Gasteiger partial charge in [-0.05, 0) is 19.8 Å². The lowest BCUT2D eigenvalue weighted by Crippen LogP contribution is -2.51. The van der Waals surface area contributed by atoms with Crippen LogP contribution >= 0.6 is 0 Å².